The second-order valence-corrected chi connectivity index (χ2v) is 9.30. The Bertz CT molecular complexity index is 659. The summed E-state index contributed by atoms with van der Waals surface area (Å²) in [5, 5.41) is 11.5. The molecule has 1 saturated heterocycles. The molecule has 1 aliphatic rings. The lowest BCUT2D eigenvalue weighted by molar-refractivity contribution is -0.0823. The minimum Gasteiger partial charge on any atom is -0.377 e. The number of aliphatic imine (C=N–C) groups is 1. The van der Waals surface area contributed by atoms with Gasteiger partial charge in [-0.15, -0.1) is 0 Å². The van der Waals surface area contributed by atoms with Crippen LogP contribution >= 0.6 is 0 Å². The van der Waals surface area contributed by atoms with Crippen LogP contribution in [0.4, 0.5) is 0 Å². The molecule has 1 aliphatic heterocycles. The molecule has 2 N–H and O–H groups in total. The highest BCUT2D eigenvalue weighted by Crippen LogP contribution is 2.34. The highest BCUT2D eigenvalue weighted by atomic mass is 16.5. The zero-order valence-electron chi connectivity index (χ0n) is 19.2. The molecule has 0 saturated carbocycles. The summed E-state index contributed by atoms with van der Waals surface area (Å²) < 4.78 is 8.08. The van der Waals surface area contributed by atoms with Crippen LogP contribution < -0.4 is 10.6 Å². The van der Waals surface area contributed by atoms with Crippen molar-refractivity contribution in [2.24, 2.45) is 23.4 Å². The monoisotopic (exact) mass is 391 g/mol. The Kier molecular flexibility index (Phi) is 7.93. The summed E-state index contributed by atoms with van der Waals surface area (Å²) >= 11 is 0. The van der Waals surface area contributed by atoms with E-state index in [4.69, 9.17) is 9.73 Å². The van der Waals surface area contributed by atoms with Crippen molar-refractivity contribution in [3.63, 3.8) is 0 Å². The average Bonchev–Trinajstić information content (AvgIpc) is 2.85. The molecule has 1 fully saturated rings. The van der Waals surface area contributed by atoms with Gasteiger partial charge < -0.3 is 15.4 Å². The van der Waals surface area contributed by atoms with Crippen LogP contribution in [0.5, 0.6) is 0 Å². The number of nitrogens with zero attached hydrogens (tertiary/aromatic N) is 3. The summed E-state index contributed by atoms with van der Waals surface area (Å²) in [6, 6.07) is 0.278. The second-order valence-electron chi connectivity index (χ2n) is 9.30. The molecule has 3 unspecified atom stereocenters. The van der Waals surface area contributed by atoms with Crippen molar-refractivity contribution in [3.05, 3.63) is 17.0 Å². The maximum absolute atomic E-state index is 6.12. The normalized spacial score (nSPS) is 22.2. The van der Waals surface area contributed by atoms with Crippen LogP contribution in [0.3, 0.4) is 0 Å². The summed E-state index contributed by atoms with van der Waals surface area (Å²) in [6.45, 7) is 17.9. The van der Waals surface area contributed by atoms with Gasteiger partial charge in [0.2, 0.25) is 0 Å². The van der Waals surface area contributed by atoms with E-state index in [2.05, 4.69) is 64.2 Å². The predicted molar refractivity (Wildman–Crippen MR) is 117 cm³/mol. The molecular weight excluding hydrogens is 350 g/mol. The number of nitrogens with one attached hydrogen (secondary N) is 2. The summed E-state index contributed by atoms with van der Waals surface area (Å²) in [4.78, 5) is 4.93. The standard InChI is InChI=1S/C22H41N5O/c1-9-23-21(24-14-18-11-10-12-28-20(18)22(5,6)7)25-15(2)13-19-16(3)26-27(8)17(19)4/h15,18,20H,9-14H2,1-8H3,(H2,23,24,25). The molecule has 6 nitrogen and oxygen atoms in total. The predicted octanol–water partition coefficient (Wildman–Crippen LogP) is 3.36. The van der Waals surface area contributed by atoms with Gasteiger partial charge in [-0.3, -0.25) is 9.67 Å². The number of aromatic nitrogens is 2. The van der Waals surface area contributed by atoms with Gasteiger partial charge in [-0.2, -0.15) is 5.10 Å². The van der Waals surface area contributed by atoms with E-state index in [1.165, 1.54) is 17.7 Å². The third-order valence-electron chi connectivity index (χ3n) is 5.68. The quantitative estimate of drug-likeness (QED) is 0.576. The smallest absolute Gasteiger partial charge is 0.191 e. The molecule has 1 aromatic rings. The van der Waals surface area contributed by atoms with E-state index in [1.807, 2.05) is 11.7 Å². The van der Waals surface area contributed by atoms with Crippen LogP contribution in [-0.2, 0) is 18.2 Å². The van der Waals surface area contributed by atoms with Crippen LogP contribution in [0, 0.1) is 25.2 Å². The van der Waals surface area contributed by atoms with Crippen molar-refractivity contribution < 1.29 is 4.74 Å². The molecule has 0 bridgehead atoms. The first-order valence-corrected chi connectivity index (χ1v) is 10.8. The van der Waals surface area contributed by atoms with Gasteiger partial charge in [0.25, 0.3) is 0 Å². The molecule has 0 radical (unpaired) electrons. The third kappa shape index (κ3) is 5.97. The van der Waals surface area contributed by atoms with Crippen molar-refractivity contribution in [2.75, 3.05) is 19.7 Å². The lowest BCUT2D eigenvalue weighted by Gasteiger charge is -2.39. The van der Waals surface area contributed by atoms with Gasteiger partial charge in [-0.05, 0) is 57.9 Å². The van der Waals surface area contributed by atoms with Crippen LogP contribution in [0.15, 0.2) is 4.99 Å². The van der Waals surface area contributed by atoms with Crippen molar-refractivity contribution >= 4 is 5.96 Å². The van der Waals surface area contributed by atoms with E-state index in [9.17, 15) is 0 Å². The highest BCUT2D eigenvalue weighted by Gasteiger charge is 2.35. The number of ether oxygens (including phenoxy) is 1. The van der Waals surface area contributed by atoms with Crippen LogP contribution in [0.25, 0.3) is 0 Å². The number of aryl methyl sites for hydroxylation is 2. The van der Waals surface area contributed by atoms with Crippen molar-refractivity contribution in [1.82, 2.24) is 20.4 Å². The fourth-order valence-electron chi connectivity index (χ4n) is 4.22. The van der Waals surface area contributed by atoms with E-state index in [-0.39, 0.29) is 17.6 Å². The van der Waals surface area contributed by atoms with Gasteiger partial charge in [0.1, 0.15) is 0 Å². The van der Waals surface area contributed by atoms with Gasteiger partial charge in [0, 0.05) is 44.4 Å². The van der Waals surface area contributed by atoms with Crippen molar-refractivity contribution in [3.8, 4) is 0 Å². The molecule has 0 spiro atoms. The molecule has 2 heterocycles. The minimum absolute atomic E-state index is 0.148. The van der Waals surface area contributed by atoms with E-state index in [0.717, 1.165) is 44.2 Å². The molecule has 6 heteroatoms. The first-order valence-electron chi connectivity index (χ1n) is 10.8. The Morgan fingerprint density at radius 1 is 1.36 bits per heavy atom. The molecule has 160 valence electrons. The molecular formula is C22H41N5O. The Morgan fingerprint density at radius 3 is 2.64 bits per heavy atom. The van der Waals surface area contributed by atoms with E-state index >= 15 is 0 Å². The molecule has 1 aromatic heterocycles. The van der Waals surface area contributed by atoms with Crippen LogP contribution in [-0.4, -0.2) is 47.6 Å². The minimum atomic E-state index is 0.148. The molecule has 0 aromatic carbocycles. The summed E-state index contributed by atoms with van der Waals surface area (Å²) in [6.07, 6.45) is 3.53. The Labute approximate surface area is 171 Å². The number of hydrogen-bond acceptors (Lipinski definition) is 3. The Hall–Kier alpha value is -1.56. The van der Waals surface area contributed by atoms with E-state index < -0.39 is 0 Å². The Morgan fingerprint density at radius 2 is 2.07 bits per heavy atom. The third-order valence-corrected chi connectivity index (χ3v) is 5.68. The summed E-state index contributed by atoms with van der Waals surface area (Å²) in [5.74, 6) is 1.37. The van der Waals surface area contributed by atoms with E-state index in [0.29, 0.717) is 5.92 Å². The largest absolute Gasteiger partial charge is 0.377 e. The van der Waals surface area contributed by atoms with Gasteiger partial charge in [-0.1, -0.05) is 20.8 Å². The van der Waals surface area contributed by atoms with Gasteiger partial charge in [-0.25, -0.2) is 0 Å². The summed E-state index contributed by atoms with van der Waals surface area (Å²) in [5.41, 5.74) is 3.82. The lowest BCUT2D eigenvalue weighted by atomic mass is 9.78. The fraction of sp³-hybridized carbons (Fsp3) is 0.818. The first kappa shape index (κ1) is 22.7. The van der Waals surface area contributed by atoms with Crippen molar-refractivity contribution in [2.45, 2.75) is 79.9 Å². The average molecular weight is 392 g/mol. The van der Waals surface area contributed by atoms with E-state index in [1.54, 1.807) is 0 Å². The number of guanidine groups is 1. The number of hydrogen-bond donors (Lipinski definition) is 2. The topological polar surface area (TPSA) is 63.5 Å². The van der Waals surface area contributed by atoms with Gasteiger partial charge in [0.05, 0.1) is 11.8 Å². The highest BCUT2D eigenvalue weighted by molar-refractivity contribution is 5.80. The first-order chi connectivity index (χ1) is 13.1. The van der Waals surface area contributed by atoms with Gasteiger partial charge >= 0.3 is 0 Å². The maximum Gasteiger partial charge on any atom is 0.191 e. The molecule has 0 amide bonds. The van der Waals surface area contributed by atoms with Crippen LogP contribution in [0.2, 0.25) is 0 Å². The molecule has 0 aliphatic carbocycles. The Balaban J connectivity index is 2.03. The van der Waals surface area contributed by atoms with Gasteiger partial charge in [0.15, 0.2) is 5.96 Å². The SMILES string of the molecule is CCNC(=NCC1CCCOC1C(C)(C)C)NC(C)Cc1c(C)nn(C)c1C. The zero-order chi connectivity index (χ0) is 20.9. The molecule has 2 rings (SSSR count). The molecule has 3 atom stereocenters. The maximum atomic E-state index is 6.12. The second kappa shape index (κ2) is 9.77. The summed E-state index contributed by atoms with van der Waals surface area (Å²) in [7, 11) is 2.01. The number of rotatable bonds is 6. The van der Waals surface area contributed by atoms with Crippen LogP contribution in [0.1, 0.15) is 64.4 Å². The van der Waals surface area contributed by atoms with Crippen molar-refractivity contribution in [1.29, 1.82) is 0 Å². The lowest BCUT2D eigenvalue weighted by Crippen LogP contribution is -2.45. The zero-order valence-corrected chi connectivity index (χ0v) is 19.2. The fourth-order valence-corrected chi connectivity index (χ4v) is 4.22. The molecule has 28 heavy (non-hydrogen) atoms.